The van der Waals surface area contributed by atoms with Crippen LogP contribution in [0.2, 0.25) is 0 Å². The molecule has 1 aromatic carbocycles. The van der Waals surface area contributed by atoms with Crippen LogP contribution in [0.4, 0.5) is 0 Å². The third kappa shape index (κ3) is 3.61. The molecule has 130 valence electrons. The van der Waals surface area contributed by atoms with Crippen molar-refractivity contribution in [2.24, 2.45) is 0 Å². The molecule has 1 atom stereocenters. The Labute approximate surface area is 151 Å². The standard InChI is InChI=1S/C18H21N5OS/c1-3-15-19-17(24-22-15)12(2)25-18-21-20-16(14-9-10-14)23(18)11-13-7-5-4-6-8-13/h4-8,12,14H,3,9-11H2,1-2H3. The predicted molar refractivity (Wildman–Crippen MR) is 95.5 cm³/mol. The lowest BCUT2D eigenvalue weighted by molar-refractivity contribution is 0.375. The summed E-state index contributed by atoms with van der Waals surface area (Å²) in [6.07, 6.45) is 3.18. The molecule has 1 saturated carbocycles. The van der Waals surface area contributed by atoms with E-state index in [-0.39, 0.29) is 5.25 Å². The van der Waals surface area contributed by atoms with Gasteiger partial charge in [0.1, 0.15) is 5.82 Å². The molecule has 0 amide bonds. The van der Waals surface area contributed by atoms with E-state index in [0.29, 0.717) is 11.8 Å². The van der Waals surface area contributed by atoms with Crippen molar-refractivity contribution in [1.29, 1.82) is 0 Å². The van der Waals surface area contributed by atoms with Crippen LogP contribution in [0.5, 0.6) is 0 Å². The SMILES string of the molecule is CCc1noc(C(C)Sc2nnc(C3CC3)n2Cc2ccccc2)n1. The summed E-state index contributed by atoms with van der Waals surface area (Å²) >= 11 is 1.63. The number of aromatic nitrogens is 5. The molecule has 1 fully saturated rings. The van der Waals surface area contributed by atoms with Gasteiger partial charge in [0, 0.05) is 12.3 Å². The summed E-state index contributed by atoms with van der Waals surface area (Å²) in [6.45, 7) is 4.87. The summed E-state index contributed by atoms with van der Waals surface area (Å²) in [4.78, 5) is 4.44. The topological polar surface area (TPSA) is 69.6 Å². The Morgan fingerprint density at radius 1 is 1.24 bits per heavy atom. The first kappa shape index (κ1) is 16.3. The molecule has 0 radical (unpaired) electrons. The van der Waals surface area contributed by atoms with Crippen molar-refractivity contribution in [3.8, 4) is 0 Å². The molecule has 2 heterocycles. The molecule has 0 aliphatic heterocycles. The highest BCUT2D eigenvalue weighted by Crippen LogP contribution is 2.41. The second kappa shape index (κ2) is 7.00. The highest BCUT2D eigenvalue weighted by atomic mass is 32.2. The van der Waals surface area contributed by atoms with Gasteiger partial charge in [-0.3, -0.25) is 0 Å². The van der Waals surface area contributed by atoms with Gasteiger partial charge >= 0.3 is 0 Å². The van der Waals surface area contributed by atoms with Crippen LogP contribution in [0.3, 0.4) is 0 Å². The quantitative estimate of drug-likeness (QED) is 0.597. The number of rotatable bonds is 7. The zero-order valence-electron chi connectivity index (χ0n) is 14.4. The first-order valence-electron chi connectivity index (χ1n) is 8.70. The van der Waals surface area contributed by atoms with Crippen molar-refractivity contribution in [2.45, 2.75) is 56.0 Å². The fourth-order valence-electron chi connectivity index (χ4n) is 2.73. The molecule has 1 aliphatic rings. The van der Waals surface area contributed by atoms with Crippen molar-refractivity contribution < 1.29 is 4.52 Å². The average Bonchev–Trinajstić information content (AvgIpc) is 3.23. The Kier molecular flexibility index (Phi) is 4.57. The minimum Gasteiger partial charge on any atom is -0.338 e. The Morgan fingerprint density at radius 3 is 2.72 bits per heavy atom. The molecule has 1 unspecified atom stereocenters. The van der Waals surface area contributed by atoms with Crippen LogP contribution in [0.25, 0.3) is 0 Å². The van der Waals surface area contributed by atoms with Crippen molar-refractivity contribution in [3.05, 3.63) is 53.4 Å². The monoisotopic (exact) mass is 355 g/mol. The second-order valence-corrected chi connectivity index (χ2v) is 7.66. The van der Waals surface area contributed by atoms with Crippen LogP contribution in [-0.2, 0) is 13.0 Å². The highest BCUT2D eigenvalue weighted by Gasteiger charge is 2.31. The van der Waals surface area contributed by atoms with Crippen molar-refractivity contribution in [1.82, 2.24) is 24.9 Å². The van der Waals surface area contributed by atoms with Gasteiger partial charge < -0.3 is 9.09 Å². The Hall–Kier alpha value is -2.15. The Bertz CT molecular complexity index is 840. The number of benzene rings is 1. The van der Waals surface area contributed by atoms with Crippen LogP contribution >= 0.6 is 11.8 Å². The molecular weight excluding hydrogens is 334 g/mol. The van der Waals surface area contributed by atoms with E-state index in [0.717, 1.165) is 29.8 Å². The van der Waals surface area contributed by atoms with E-state index in [1.54, 1.807) is 11.8 Å². The normalized spacial score (nSPS) is 15.4. The summed E-state index contributed by atoms with van der Waals surface area (Å²) in [5, 5.41) is 13.9. The van der Waals surface area contributed by atoms with E-state index in [1.807, 2.05) is 13.0 Å². The summed E-state index contributed by atoms with van der Waals surface area (Å²) in [5.41, 5.74) is 1.25. The van der Waals surface area contributed by atoms with Gasteiger partial charge in [-0.15, -0.1) is 10.2 Å². The van der Waals surface area contributed by atoms with Gasteiger partial charge in [0.15, 0.2) is 11.0 Å². The lowest BCUT2D eigenvalue weighted by Crippen LogP contribution is -2.06. The van der Waals surface area contributed by atoms with Gasteiger partial charge in [0.25, 0.3) is 0 Å². The molecule has 0 bridgehead atoms. The second-order valence-electron chi connectivity index (χ2n) is 6.35. The van der Waals surface area contributed by atoms with Gasteiger partial charge in [0.05, 0.1) is 11.8 Å². The maximum atomic E-state index is 5.37. The largest absolute Gasteiger partial charge is 0.338 e. The van der Waals surface area contributed by atoms with Gasteiger partial charge in [-0.2, -0.15) is 4.98 Å². The van der Waals surface area contributed by atoms with E-state index in [1.165, 1.54) is 18.4 Å². The van der Waals surface area contributed by atoms with Gasteiger partial charge in [-0.05, 0) is 25.3 Å². The van der Waals surface area contributed by atoms with Crippen molar-refractivity contribution >= 4 is 11.8 Å². The van der Waals surface area contributed by atoms with E-state index < -0.39 is 0 Å². The van der Waals surface area contributed by atoms with Gasteiger partial charge in [0.2, 0.25) is 5.89 Å². The zero-order chi connectivity index (χ0) is 17.2. The molecule has 7 heteroatoms. The number of hydrogen-bond acceptors (Lipinski definition) is 6. The van der Waals surface area contributed by atoms with Crippen LogP contribution < -0.4 is 0 Å². The van der Waals surface area contributed by atoms with Crippen LogP contribution in [0.1, 0.15) is 61.0 Å². The van der Waals surface area contributed by atoms with E-state index in [4.69, 9.17) is 4.52 Å². The van der Waals surface area contributed by atoms with Gasteiger partial charge in [-0.1, -0.05) is 54.2 Å². The Morgan fingerprint density at radius 2 is 2.04 bits per heavy atom. The number of aryl methyl sites for hydroxylation is 1. The number of nitrogens with zero attached hydrogens (tertiary/aromatic N) is 5. The minimum atomic E-state index is 0.0403. The lowest BCUT2D eigenvalue weighted by Gasteiger charge is -2.11. The molecule has 0 N–H and O–H groups in total. The van der Waals surface area contributed by atoms with E-state index >= 15 is 0 Å². The first-order chi connectivity index (χ1) is 12.2. The summed E-state index contributed by atoms with van der Waals surface area (Å²) in [7, 11) is 0. The molecule has 3 aromatic rings. The van der Waals surface area contributed by atoms with Crippen LogP contribution in [-0.4, -0.2) is 24.9 Å². The average molecular weight is 355 g/mol. The molecule has 2 aromatic heterocycles. The first-order valence-corrected chi connectivity index (χ1v) is 9.58. The minimum absolute atomic E-state index is 0.0403. The van der Waals surface area contributed by atoms with Gasteiger partial charge in [-0.25, -0.2) is 0 Å². The maximum absolute atomic E-state index is 5.37. The summed E-state index contributed by atoms with van der Waals surface area (Å²) in [6, 6.07) is 10.4. The number of hydrogen-bond donors (Lipinski definition) is 0. The molecule has 4 rings (SSSR count). The van der Waals surface area contributed by atoms with Crippen molar-refractivity contribution in [2.75, 3.05) is 0 Å². The maximum Gasteiger partial charge on any atom is 0.239 e. The lowest BCUT2D eigenvalue weighted by atomic mass is 10.2. The zero-order valence-corrected chi connectivity index (χ0v) is 15.2. The fraction of sp³-hybridized carbons (Fsp3) is 0.444. The van der Waals surface area contributed by atoms with Crippen LogP contribution in [0.15, 0.2) is 40.0 Å². The Balaban J connectivity index is 1.58. The molecular formula is C18H21N5OS. The molecule has 6 nitrogen and oxygen atoms in total. The van der Waals surface area contributed by atoms with E-state index in [2.05, 4.69) is 56.1 Å². The summed E-state index contributed by atoms with van der Waals surface area (Å²) in [5.74, 6) is 3.03. The smallest absolute Gasteiger partial charge is 0.239 e. The van der Waals surface area contributed by atoms with E-state index in [9.17, 15) is 0 Å². The highest BCUT2D eigenvalue weighted by molar-refractivity contribution is 7.99. The third-order valence-electron chi connectivity index (χ3n) is 4.30. The predicted octanol–water partition coefficient (Wildman–Crippen LogP) is 4.00. The molecule has 25 heavy (non-hydrogen) atoms. The molecule has 0 spiro atoms. The molecule has 0 saturated heterocycles. The third-order valence-corrected chi connectivity index (χ3v) is 5.37. The molecule has 1 aliphatic carbocycles. The summed E-state index contributed by atoms with van der Waals surface area (Å²) < 4.78 is 7.62. The van der Waals surface area contributed by atoms with Crippen molar-refractivity contribution in [3.63, 3.8) is 0 Å². The van der Waals surface area contributed by atoms with Crippen LogP contribution in [0, 0.1) is 0 Å². The number of thioether (sulfide) groups is 1. The fourth-order valence-corrected chi connectivity index (χ4v) is 3.62.